The fourth-order valence-corrected chi connectivity index (χ4v) is 10.6. The molecule has 0 bridgehead atoms. The third kappa shape index (κ3) is 15.0. The molecule has 0 unspecified atom stereocenters. The van der Waals surface area contributed by atoms with Gasteiger partial charge in [0.25, 0.3) is 0 Å². The summed E-state index contributed by atoms with van der Waals surface area (Å²) in [6.07, 6.45) is 12.8. The van der Waals surface area contributed by atoms with E-state index in [4.69, 9.17) is 70.6 Å². The molecule has 0 amide bonds. The largest absolute Gasteiger partial charge is 0.495 e. The van der Waals surface area contributed by atoms with Gasteiger partial charge in [-0.2, -0.15) is 15.0 Å². The van der Waals surface area contributed by atoms with Gasteiger partial charge in [0.2, 0.25) is 17.5 Å². The molecule has 0 radical (unpaired) electrons. The van der Waals surface area contributed by atoms with Crippen molar-refractivity contribution in [3.8, 4) is 39.8 Å². The summed E-state index contributed by atoms with van der Waals surface area (Å²) in [5.41, 5.74) is 16.8. The maximum Gasteiger partial charge on any atom is 0.236 e. The average molecular weight is 1250 g/mol. The number of hydrogen-bond donors (Lipinski definition) is 5. The Morgan fingerprint density at radius 3 is 1.46 bits per heavy atom. The highest BCUT2D eigenvalue weighted by Crippen LogP contribution is 2.36. The lowest BCUT2D eigenvalue weighted by Crippen LogP contribution is -2.26. The van der Waals surface area contributed by atoms with Crippen LogP contribution in [-0.4, -0.2) is 143 Å². The Labute approximate surface area is 498 Å². The van der Waals surface area contributed by atoms with Crippen LogP contribution in [0.5, 0.6) is 17.2 Å². The lowest BCUT2D eigenvalue weighted by atomic mass is 10.0. The zero-order valence-electron chi connectivity index (χ0n) is 45.1. The van der Waals surface area contributed by atoms with Crippen LogP contribution in [0.3, 0.4) is 0 Å². The zero-order chi connectivity index (χ0) is 57.2. The SMILES string of the molecule is COc1cc(CO)c(-c2cn3ccc(N4CC[C@H](C)C4)nc3n2)cc1Cl.COc1cc(CO)c(-c2cn3ccc(N4CC[C@H](N)C4)nc3n2)cc1Cl.COc1cc(CO)c(C(=O)CBr)cc1Cl.C[C@H]1CCN(c2ccnc(N)n2)C1.[SiH4]. The van der Waals surface area contributed by atoms with Gasteiger partial charge in [-0.15, -0.1) is 0 Å². The maximum absolute atomic E-state index is 11.5. The highest BCUT2D eigenvalue weighted by atomic mass is 79.9. The van der Waals surface area contributed by atoms with Crippen LogP contribution < -0.4 is 40.4 Å². The zero-order valence-corrected chi connectivity index (χ0v) is 48.9. The Kier molecular flexibility index (Phi) is 22.0. The smallest absolute Gasteiger partial charge is 0.236 e. The maximum atomic E-state index is 11.5. The van der Waals surface area contributed by atoms with Gasteiger partial charge in [-0.05, 0) is 113 Å². The summed E-state index contributed by atoms with van der Waals surface area (Å²) in [6.45, 7) is 9.96. The number of nitrogens with zero attached hydrogens (tertiary/aromatic N) is 11. The molecule has 5 aromatic heterocycles. The van der Waals surface area contributed by atoms with E-state index in [1.807, 2.05) is 51.8 Å². The van der Waals surface area contributed by atoms with E-state index in [9.17, 15) is 15.0 Å². The monoisotopic (exact) mass is 1250 g/mol. The lowest BCUT2D eigenvalue weighted by Gasteiger charge is -2.16. The number of aliphatic hydroxyl groups is 3. The molecule has 3 aromatic carbocycles. The van der Waals surface area contributed by atoms with E-state index in [-0.39, 0.29) is 47.9 Å². The molecule has 3 aliphatic rings. The van der Waals surface area contributed by atoms with Gasteiger partial charge in [0, 0.05) is 93.0 Å². The number of aromatic nitrogens is 8. The molecular formula is C56H69BrCl3N13O7Si. The lowest BCUT2D eigenvalue weighted by molar-refractivity contribution is 0.102. The molecule has 3 atom stereocenters. The molecule has 11 rings (SSSR count). The number of aliphatic hydroxyl groups excluding tert-OH is 3. The molecule has 0 saturated carbocycles. The van der Waals surface area contributed by atoms with E-state index in [0.717, 1.165) is 85.9 Å². The first-order valence-electron chi connectivity index (χ1n) is 25.9. The minimum atomic E-state index is -0.221. The Morgan fingerprint density at radius 2 is 1.06 bits per heavy atom. The molecule has 432 valence electrons. The summed E-state index contributed by atoms with van der Waals surface area (Å²) in [7, 11) is 4.58. The minimum Gasteiger partial charge on any atom is -0.495 e. The molecule has 81 heavy (non-hydrogen) atoms. The number of ether oxygens (including phenoxy) is 3. The van der Waals surface area contributed by atoms with Crippen molar-refractivity contribution in [2.75, 3.05) is 86.4 Å². The van der Waals surface area contributed by atoms with Gasteiger partial charge in [-0.3, -0.25) is 13.6 Å². The second-order valence-corrected chi connectivity index (χ2v) is 21.4. The van der Waals surface area contributed by atoms with Gasteiger partial charge in [-0.1, -0.05) is 64.6 Å². The van der Waals surface area contributed by atoms with Crippen molar-refractivity contribution in [1.29, 1.82) is 0 Å². The molecule has 20 nitrogen and oxygen atoms in total. The van der Waals surface area contributed by atoms with Gasteiger partial charge >= 0.3 is 0 Å². The molecule has 0 spiro atoms. The first-order valence-corrected chi connectivity index (χ1v) is 28.1. The number of Topliss-reactive ketones (excluding diaryl/α,β-unsaturated/α-hetero) is 1. The molecular weight excluding hydrogens is 1180 g/mol. The van der Waals surface area contributed by atoms with E-state index < -0.39 is 0 Å². The number of anilines is 4. The van der Waals surface area contributed by atoms with Crippen molar-refractivity contribution < 1.29 is 34.3 Å². The number of carbonyl (C=O) groups excluding carboxylic acids is 1. The summed E-state index contributed by atoms with van der Waals surface area (Å²) in [5, 5.41) is 30.0. The number of methoxy groups -OCH3 is 3. The van der Waals surface area contributed by atoms with Crippen molar-refractivity contribution in [3.63, 3.8) is 0 Å². The quantitative estimate of drug-likeness (QED) is 0.0429. The topological polar surface area (TPSA) is 253 Å². The second-order valence-electron chi connectivity index (χ2n) is 19.6. The van der Waals surface area contributed by atoms with Crippen LogP contribution in [0.15, 0.2) is 85.6 Å². The van der Waals surface area contributed by atoms with Crippen molar-refractivity contribution >= 4 is 102 Å². The van der Waals surface area contributed by atoms with Crippen molar-refractivity contribution in [3.05, 3.63) is 123 Å². The van der Waals surface area contributed by atoms with E-state index >= 15 is 0 Å². The number of nitrogen functional groups attached to an aromatic ring is 1. The van der Waals surface area contributed by atoms with Crippen LogP contribution in [0, 0.1) is 11.8 Å². The number of carbonyl (C=O) groups is 1. The molecule has 3 aliphatic heterocycles. The summed E-state index contributed by atoms with van der Waals surface area (Å²) < 4.78 is 19.2. The van der Waals surface area contributed by atoms with E-state index in [2.05, 4.69) is 69.4 Å². The Morgan fingerprint density at radius 1 is 0.630 bits per heavy atom. The number of imidazole rings is 2. The summed E-state index contributed by atoms with van der Waals surface area (Å²) >= 11 is 21.5. The predicted molar refractivity (Wildman–Crippen MR) is 328 cm³/mol. The fourth-order valence-electron chi connectivity index (χ4n) is 9.62. The molecule has 0 aliphatic carbocycles. The van der Waals surface area contributed by atoms with E-state index in [1.54, 1.807) is 50.7 Å². The molecule has 7 N–H and O–H groups in total. The Balaban J connectivity index is 0.000000162. The second kappa shape index (κ2) is 28.6. The van der Waals surface area contributed by atoms with Crippen LogP contribution in [0.25, 0.3) is 34.1 Å². The van der Waals surface area contributed by atoms with Gasteiger partial charge in [0.1, 0.15) is 34.7 Å². The third-order valence-corrected chi connectivity index (χ3v) is 15.3. The summed E-state index contributed by atoms with van der Waals surface area (Å²) in [6, 6.07) is 16.2. The van der Waals surface area contributed by atoms with Crippen LogP contribution in [0.1, 0.15) is 60.2 Å². The van der Waals surface area contributed by atoms with Crippen molar-refractivity contribution in [2.24, 2.45) is 17.6 Å². The molecule has 3 fully saturated rings. The van der Waals surface area contributed by atoms with Crippen LogP contribution >= 0.6 is 50.7 Å². The number of benzene rings is 3. The molecule has 3 saturated heterocycles. The van der Waals surface area contributed by atoms with E-state index in [1.165, 1.54) is 26.0 Å². The predicted octanol–water partition coefficient (Wildman–Crippen LogP) is 7.36. The first kappa shape index (κ1) is 62.3. The van der Waals surface area contributed by atoms with Gasteiger partial charge in [0.15, 0.2) is 5.78 Å². The first-order chi connectivity index (χ1) is 38.6. The Bertz CT molecular complexity index is 3300. The number of nitrogens with two attached hydrogens (primary N) is 2. The van der Waals surface area contributed by atoms with Crippen LogP contribution in [0.4, 0.5) is 23.4 Å². The molecule has 8 aromatic rings. The third-order valence-electron chi connectivity index (χ3n) is 13.9. The number of alkyl halides is 1. The summed E-state index contributed by atoms with van der Waals surface area (Å²) in [4.78, 5) is 44.9. The van der Waals surface area contributed by atoms with Crippen LogP contribution in [-0.2, 0) is 19.8 Å². The van der Waals surface area contributed by atoms with E-state index in [0.29, 0.717) is 83.7 Å². The number of hydrogen-bond acceptors (Lipinski definition) is 18. The highest BCUT2D eigenvalue weighted by Gasteiger charge is 2.24. The number of rotatable bonds is 13. The van der Waals surface area contributed by atoms with Gasteiger partial charge in [0.05, 0.1) is 72.9 Å². The number of halogens is 4. The van der Waals surface area contributed by atoms with Gasteiger partial charge in [-0.25, -0.2) is 15.0 Å². The molecule has 8 heterocycles. The molecule has 25 heteroatoms. The Hall–Kier alpha value is -6.34. The highest BCUT2D eigenvalue weighted by molar-refractivity contribution is 9.09. The minimum absolute atomic E-state index is 0. The number of fused-ring (bicyclic) bond motifs is 2. The van der Waals surface area contributed by atoms with Gasteiger partial charge < -0.3 is 55.7 Å². The van der Waals surface area contributed by atoms with Crippen molar-refractivity contribution in [1.82, 2.24) is 38.7 Å². The number of ketones is 1. The average Bonchev–Trinajstić information content (AvgIpc) is 4.43. The van der Waals surface area contributed by atoms with Crippen molar-refractivity contribution in [2.45, 2.75) is 59.0 Å². The standard InChI is InChI=1S/C19H21ClN4O2.C18H20ClN5O2.C10H10BrClO3.C9H14N4.H4Si/c1-12-3-5-23(9-12)18-4-6-24-10-16(21-19(24)22-18)14-8-15(20)17(26-2)7-13(14)11-25;1-26-16-6-11(10-25)13(7-14(16)19)15-9-24-5-3-17(22-18(24)21-15)23-4-2-12(20)8-23;1-15-10-2-6(5-13)7(3-8(10)12)9(14)4-11;1-7-3-5-13(6-7)8-2-4-11-9(10)12-8;/h4,6-8,10,12,25H,3,5,9,11H2,1-2H3;3,5-7,9,12,25H,2,4,8,10,20H2,1H3;2-3,13H,4-5H2,1H3;2,4,7H,3,5-6H2,1H3,(H2,10,11,12);1H4/t2*12-;;7-;/m00.0./s1. The van der Waals surface area contributed by atoms with Crippen LogP contribution in [0.2, 0.25) is 15.1 Å². The normalized spacial score (nSPS) is 16.5. The fraction of sp³-hybridized carbons (Fsp3) is 0.375. The summed E-state index contributed by atoms with van der Waals surface area (Å²) in [5.74, 6) is 7.20.